The Morgan fingerprint density at radius 1 is 1.27 bits per heavy atom. The molecule has 58 valence electrons. The summed E-state index contributed by atoms with van der Waals surface area (Å²) in [5.41, 5.74) is 5.68. The lowest BCUT2D eigenvalue weighted by Crippen LogP contribution is -2.37. The Labute approximate surface area is 72.6 Å². The van der Waals surface area contributed by atoms with E-state index in [0.29, 0.717) is 0 Å². The number of hydrogen-bond donors (Lipinski definition) is 1. The van der Waals surface area contributed by atoms with Crippen molar-refractivity contribution in [1.29, 1.82) is 0 Å². The summed E-state index contributed by atoms with van der Waals surface area (Å²) in [6, 6.07) is 10.7. The van der Waals surface area contributed by atoms with E-state index in [9.17, 15) is 0 Å². The molecule has 0 bridgehead atoms. The molecule has 0 heterocycles. The van der Waals surface area contributed by atoms with Crippen LogP contribution in [0.5, 0.6) is 0 Å². The average Bonchev–Trinajstić information content (AvgIpc) is 2.09. The minimum atomic E-state index is -0.773. The van der Waals surface area contributed by atoms with Gasteiger partial charge in [0.15, 0.2) is 0 Å². The second-order valence-corrected chi connectivity index (χ2v) is 6.10. The summed E-state index contributed by atoms with van der Waals surface area (Å²) < 4.78 is 1.50. The quantitative estimate of drug-likeness (QED) is 0.658. The minimum Gasteiger partial charge on any atom is -0.343 e. The molecule has 2 heteroatoms. The largest absolute Gasteiger partial charge is 0.343 e. The number of benzene rings is 1. The normalized spacial score (nSPS) is 9.64. The topological polar surface area (TPSA) is 26.0 Å². The fraction of sp³-hybridized carbons (Fsp3) is 0.333. The molecule has 1 aromatic rings. The molecule has 0 amide bonds. The van der Waals surface area contributed by atoms with Crippen LogP contribution in [0.4, 0.5) is 0 Å². The third-order valence-corrected chi connectivity index (χ3v) is 4.93. The third kappa shape index (κ3) is 2.34. The van der Waals surface area contributed by atoms with Crippen molar-refractivity contribution in [2.45, 2.75) is 12.2 Å². The molecule has 0 aliphatic rings. The molecule has 0 atom stereocenters. The molecule has 0 fully saturated rings. The van der Waals surface area contributed by atoms with E-state index in [1.165, 1.54) is 9.71 Å². The summed E-state index contributed by atoms with van der Waals surface area (Å²) >= 11 is -0.773. The van der Waals surface area contributed by atoms with Gasteiger partial charge in [0, 0.05) is 0 Å². The van der Waals surface area contributed by atoms with Crippen LogP contribution in [0.1, 0.15) is 6.92 Å². The Hall–Kier alpha value is -0.288. The molecular formula is C9H14AlN. The summed E-state index contributed by atoms with van der Waals surface area (Å²) in [6.07, 6.45) is 0. The zero-order chi connectivity index (χ0) is 8.10. The molecule has 0 aliphatic carbocycles. The van der Waals surface area contributed by atoms with Crippen molar-refractivity contribution in [2.75, 3.05) is 5.41 Å². The van der Waals surface area contributed by atoms with Crippen molar-refractivity contribution in [1.82, 2.24) is 0 Å². The Morgan fingerprint density at radius 2 is 1.91 bits per heavy atom. The highest BCUT2D eigenvalue weighted by Crippen LogP contribution is 1.91. The zero-order valence-corrected chi connectivity index (χ0v) is 8.11. The molecule has 1 aromatic carbocycles. The second-order valence-electron chi connectivity index (χ2n) is 2.75. The van der Waals surface area contributed by atoms with Crippen molar-refractivity contribution in [3.63, 3.8) is 0 Å². The Balaban J connectivity index is 2.74. The van der Waals surface area contributed by atoms with Gasteiger partial charge in [-0.2, -0.15) is 0 Å². The van der Waals surface area contributed by atoms with E-state index >= 15 is 0 Å². The van der Waals surface area contributed by atoms with Gasteiger partial charge in [-0.3, -0.25) is 0 Å². The summed E-state index contributed by atoms with van der Waals surface area (Å²) in [7, 11) is 0. The van der Waals surface area contributed by atoms with Gasteiger partial charge in [-0.25, -0.2) is 0 Å². The van der Waals surface area contributed by atoms with Crippen LogP contribution in [0.25, 0.3) is 0 Å². The number of nitrogens with two attached hydrogens (primary N) is 1. The van der Waals surface area contributed by atoms with Gasteiger partial charge < -0.3 is 5.73 Å². The van der Waals surface area contributed by atoms with Gasteiger partial charge in [-0.05, 0) is 5.41 Å². The highest BCUT2D eigenvalue weighted by molar-refractivity contribution is 6.73. The zero-order valence-electron chi connectivity index (χ0n) is 6.96. The second kappa shape index (κ2) is 4.56. The Morgan fingerprint density at radius 3 is 2.36 bits per heavy atom. The molecule has 2 N–H and O–H groups in total. The van der Waals surface area contributed by atoms with Crippen molar-refractivity contribution in [2.24, 2.45) is 5.73 Å². The molecule has 0 radical (unpaired) electrons. The maximum atomic E-state index is 5.68. The lowest BCUT2D eigenvalue weighted by Gasteiger charge is -2.05. The molecule has 0 saturated carbocycles. The van der Waals surface area contributed by atoms with E-state index in [-0.39, 0.29) is 0 Å². The fourth-order valence-electron chi connectivity index (χ4n) is 1.26. The third-order valence-electron chi connectivity index (χ3n) is 2.05. The lowest BCUT2D eigenvalue weighted by molar-refractivity contribution is 1.29. The van der Waals surface area contributed by atoms with E-state index in [2.05, 4.69) is 37.3 Å². The van der Waals surface area contributed by atoms with Crippen molar-refractivity contribution >= 4 is 18.6 Å². The summed E-state index contributed by atoms with van der Waals surface area (Å²) in [5, 5.41) is 2.15. The number of hydrogen-bond acceptors (Lipinski definition) is 1. The van der Waals surface area contributed by atoms with Crippen LogP contribution in [0.2, 0.25) is 5.28 Å². The first-order valence-electron chi connectivity index (χ1n) is 4.13. The first kappa shape index (κ1) is 8.81. The fourth-order valence-corrected chi connectivity index (χ4v) is 3.11. The van der Waals surface area contributed by atoms with E-state index in [4.69, 9.17) is 5.73 Å². The van der Waals surface area contributed by atoms with Gasteiger partial charge in [-0.1, -0.05) is 42.5 Å². The first-order chi connectivity index (χ1) is 5.38. The SMILES string of the molecule is C[CH2][Al]([CH2]N)[c]1ccccc1. The van der Waals surface area contributed by atoms with Gasteiger partial charge in [0.1, 0.15) is 0 Å². The summed E-state index contributed by atoms with van der Waals surface area (Å²) in [4.78, 5) is 0. The standard InChI is InChI=1S/C6H5.C2H5.CH4N.Al/c1-2-4-6-5-3-1;2*1-2;/h1-5H;1H2,2H3;1-2H2;. The molecule has 1 rings (SSSR count). The maximum Gasteiger partial charge on any atom is 0.321 e. The van der Waals surface area contributed by atoms with Gasteiger partial charge in [0.25, 0.3) is 0 Å². The average molecular weight is 163 g/mol. The molecule has 0 aromatic heterocycles. The molecule has 0 unspecified atom stereocenters. The van der Waals surface area contributed by atoms with Crippen LogP contribution in [-0.2, 0) is 0 Å². The predicted octanol–water partition coefficient (Wildman–Crippen LogP) is 0.906. The lowest BCUT2D eigenvalue weighted by atomic mass is 10.4. The Kier molecular flexibility index (Phi) is 3.65. The Bertz CT molecular complexity index is 194. The van der Waals surface area contributed by atoms with Crippen molar-refractivity contribution in [3.8, 4) is 0 Å². The minimum absolute atomic E-state index is 0.773. The van der Waals surface area contributed by atoms with E-state index in [1.807, 2.05) is 0 Å². The van der Waals surface area contributed by atoms with E-state index in [0.717, 1.165) is 5.41 Å². The first-order valence-corrected chi connectivity index (χ1v) is 6.34. The highest BCUT2D eigenvalue weighted by Gasteiger charge is 2.13. The van der Waals surface area contributed by atoms with Crippen LogP contribution in [0.15, 0.2) is 30.3 Å². The van der Waals surface area contributed by atoms with Crippen LogP contribution < -0.4 is 10.2 Å². The van der Waals surface area contributed by atoms with Gasteiger partial charge in [-0.15, -0.1) is 4.43 Å². The summed E-state index contributed by atoms with van der Waals surface area (Å²) in [6.45, 7) is 2.23. The van der Waals surface area contributed by atoms with Gasteiger partial charge in [0.2, 0.25) is 0 Å². The van der Waals surface area contributed by atoms with Crippen molar-refractivity contribution < 1.29 is 0 Å². The molecule has 0 aliphatic heterocycles. The van der Waals surface area contributed by atoms with Gasteiger partial charge >= 0.3 is 14.1 Å². The maximum absolute atomic E-state index is 5.68. The number of rotatable bonds is 3. The smallest absolute Gasteiger partial charge is 0.321 e. The monoisotopic (exact) mass is 163 g/mol. The molecular weight excluding hydrogens is 149 g/mol. The van der Waals surface area contributed by atoms with Crippen LogP contribution in [0, 0.1) is 0 Å². The van der Waals surface area contributed by atoms with Crippen molar-refractivity contribution in [3.05, 3.63) is 30.3 Å². The van der Waals surface area contributed by atoms with Crippen LogP contribution >= 0.6 is 0 Å². The van der Waals surface area contributed by atoms with E-state index < -0.39 is 14.1 Å². The molecule has 1 nitrogen and oxygen atoms in total. The van der Waals surface area contributed by atoms with Gasteiger partial charge in [0.05, 0.1) is 0 Å². The molecule has 11 heavy (non-hydrogen) atoms. The van der Waals surface area contributed by atoms with Crippen LogP contribution in [0.3, 0.4) is 0 Å². The van der Waals surface area contributed by atoms with E-state index in [1.54, 1.807) is 0 Å². The molecule has 0 spiro atoms. The molecule has 0 saturated heterocycles. The summed E-state index contributed by atoms with van der Waals surface area (Å²) in [5.74, 6) is 0. The van der Waals surface area contributed by atoms with Crippen LogP contribution in [-0.4, -0.2) is 19.6 Å². The predicted molar refractivity (Wildman–Crippen MR) is 51.4 cm³/mol. The highest BCUT2D eigenvalue weighted by atomic mass is 27.2.